The van der Waals surface area contributed by atoms with Crippen LogP contribution in [0.2, 0.25) is 0 Å². The van der Waals surface area contributed by atoms with E-state index < -0.39 is 0 Å². The first-order valence-electron chi connectivity index (χ1n) is 6.80. The molecule has 3 nitrogen and oxygen atoms in total. The van der Waals surface area contributed by atoms with Gasteiger partial charge in [-0.1, -0.05) is 28.1 Å². The Morgan fingerprint density at radius 3 is 3.00 bits per heavy atom. The molecule has 2 N–H and O–H groups in total. The molecule has 1 aromatic carbocycles. The average molecular weight is 325 g/mol. The maximum Gasteiger partial charge on any atom is 0.223 e. The Kier molecular flexibility index (Phi) is 4.63. The Labute approximate surface area is 123 Å². The largest absolute Gasteiger partial charge is 0.336 e. The number of nitrogens with zero attached hydrogens (tertiary/aromatic N) is 1. The highest BCUT2D eigenvalue weighted by molar-refractivity contribution is 9.10. The van der Waals surface area contributed by atoms with Crippen molar-refractivity contribution < 1.29 is 4.79 Å². The van der Waals surface area contributed by atoms with Crippen molar-refractivity contribution in [2.75, 3.05) is 13.1 Å². The number of hydrogen-bond acceptors (Lipinski definition) is 2. The molecule has 4 heteroatoms. The third-order valence-electron chi connectivity index (χ3n) is 4.01. The van der Waals surface area contributed by atoms with Gasteiger partial charge < -0.3 is 10.6 Å². The lowest BCUT2D eigenvalue weighted by atomic mass is 9.98. The molecule has 2 rings (SSSR count). The zero-order valence-corrected chi connectivity index (χ0v) is 12.9. The topological polar surface area (TPSA) is 46.3 Å². The van der Waals surface area contributed by atoms with Gasteiger partial charge in [0.25, 0.3) is 0 Å². The van der Waals surface area contributed by atoms with Gasteiger partial charge in [-0.2, -0.15) is 0 Å². The number of likely N-dealkylation sites (tertiary alicyclic amines) is 1. The number of halogens is 1. The summed E-state index contributed by atoms with van der Waals surface area (Å²) in [7, 11) is 0. The summed E-state index contributed by atoms with van der Waals surface area (Å²) in [6.45, 7) is 3.50. The van der Waals surface area contributed by atoms with Crippen molar-refractivity contribution in [3.05, 3.63) is 34.3 Å². The number of benzene rings is 1. The number of carbonyl (C=O) groups is 1. The van der Waals surface area contributed by atoms with Crippen molar-refractivity contribution in [1.29, 1.82) is 0 Å². The summed E-state index contributed by atoms with van der Waals surface area (Å²) in [5.74, 6) is 0.227. The number of nitrogens with two attached hydrogens (primary N) is 1. The third kappa shape index (κ3) is 3.37. The minimum atomic E-state index is -0.131. The molecule has 104 valence electrons. The van der Waals surface area contributed by atoms with Crippen molar-refractivity contribution >= 4 is 21.8 Å². The fourth-order valence-corrected chi connectivity index (χ4v) is 3.19. The maximum atomic E-state index is 12.3. The number of carbonyl (C=O) groups excluding carboxylic acids is 1. The van der Waals surface area contributed by atoms with E-state index in [1.807, 2.05) is 17.0 Å². The van der Waals surface area contributed by atoms with Gasteiger partial charge in [-0.05, 0) is 43.9 Å². The van der Waals surface area contributed by atoms with Gasteiger partial charge in [0.1, 0.15) is 0 Å². The van der Waals surface area contributed by atoms with Crippen LogP contribution in [-0.2, 0) is 11.2 Å². The minimum absolute atomic E-state index is 0.131. The molecule has 0 saturated carbocycles. The number of hydrogen-bond donors (Lipinski definition) is 1. The minimum Gasteiger partial charge on any atom is -0.336 e. The first-order valence-corrected chi connectivity index (χ1v) is 7.59. The molecule has 1 saturated heterocycles. The fraction of sp³-hybridized carbons (Fsp3) is 0.533. The van der Waals surface area contributed by atoms with Gasteiger partial charge in [0, 0.05) is 24.0 Å². The van der Waals surface area contributed by atoms with E-state index in [1.165, 1.54) is 5.56 Å². The van der Waals surface area contributed by atoms with Crippen LogP contribution in [0.15, 0.2) is 28.7 Å². The SMILES string of the molecule is CC1(CN)CCCN1C(=O)CCc1cccc(Br)c1. The molecule has 1 atom stereocenters. The number of amides is 1. The summed E-state index contributed by atoms with van der Waals surface area (Å²) in [4.78, 5) is 14.3. The van der Waals surface area contributed by atoms with Gasteiger partial charge in [0.15, 0.2) is 0 Å². The summed E-state index contributed by atoms with van der Waals surface area (Å²) in [5.41, 5.74) is 6.88. The summed E-state index contributed by atoms with van der Waals surface area (Å²) < 4.78 is 1.06. The molecule has 0 radical (unpaired) electrons. The molecule has 1 aliphatic rings. The second-order valence-electron chi connectivity index (χ2n) is 5.48. The zero-order chi connectivity index (χ0) is 13.9. The molecule has 1 fully saturated rings. The van der Waals surface area contributed by atoms with E-state index in [0.717, 1.165) is 30.3 Å². The van der Waals surface area contributed by atoms with Crippen molar-refractivity contribution in [3.8, 4) is 0 Å². The quantitative estimate of drug-likeness (QED) is 0.925. The Morgan fingerprint density at radius 2 is 2.32 bits per heavy atom. The molecule has 1 unspecified atom stereocenters. The monoisotopic (exact) mass is 324 g/mol. The molecule has 0 bridgehead atoms. The summed E-state index contributed by atoms with van der Waals surface area (Å²) >= 11 is 3.45. The van der Waals surface area contributed by atoms with Gasteiger partial charge in [0.2, 0.25) is 5.91 Å². The summed E-state index contributed by atoms with van der Waals surface area (Å²) in [6.07, 6.45) is 3.43. The van der Waals surface area contributed by atoms with Crippen LogP contribution in [0.3, 0.4) is 0 Å². The van der Waals surface area contributed by atoms with Crippen LogP contribution in [0.5, 0.6) is 0 Å². The molecule has 0 aromatic heterocycles. The van der Waals surface area contributed by atoms with Crippen LogP contribution in [0.25, 0.3) is 0 Å². The van der Waals surface area contributed by atoms with Gasteiger partial charge in [0.05, 0.1) is 5.54 Å². The van der Waals surface area contributed by atoms with E-state index in [9.17, 15) is 4.79 Å². The van der Waals surface area contributed by atoms with Gasteiger partial charge in [-0.3, -0.25) is 4.79 Å². The van der Waals surface area contributed by atoms with Crippen molar-refractivity contribution in [2.45, 2.75) is 38.1 Å². The van der Waals surface area contributed by atoms with E-state index >= 15 is 0 Å². The van der Waals surface area contributed by atoms with Crippen LogP contribution < -0.4 is 5.73 Å². The molecule has 1 heterocycles. The molecule has 1 aromatic rings. The fourth-order valence-electron chi connectivity index (χ4n) is 2.74. The second kappa shape index (κ2) is 6.06. The van der Waals surface area contributed by atoms with Crippen molar-refractivity contribution in [3.63, 3.8) is 0 Å². The smallest absolute Gasteiger partial charge is 0.223 e. The normalized spacial score (nSPS) is 22.8. The average Bonchev–Trinajstić information content (AvgIpc) is 2.79. The Balaban J connectivity index is 1.95. The molecule has 1 aliphatic heterocycles. The molecule has 1 amide bonds. The van der Waals surface area contributed by atoms with Crippen LogP contribution in [-0.4, -0.2) is 29.4 Å². The Hall–Kier alpha value is -0.870. The highest BCUT2D eigenvalue weighted by Crippen LogP contribution is 2.28. The highest BCUT2D eigenvalue weighted by Gasteiger charge is 2.37. The third-order valence-corrected chi connectivity index (χ3v) is 4.50. The first-order chi connectivity index (χ1) is 9.05. The van der Waals surface area contributed by atoms with E-state index in [4.69, 9.17) is 5.73 Å². The molecular formula is C15H21BrN2O. The molecule has 0 spiro atoms. The van der Waals surface area contributed by atoms with Gasteiger partial charge in [-0.15, -0.1) is 0 Å². The number of aryl methyl sites for hydroxylation is 1. The van der Waals surface area contributed by atoms with Crippen LogP contribution in [0.4, 0.5) is 0 Å². The van der Waals surface area contributed by atoms with Crippen LogP contribution in [0, 0.1) is 0 Å². The van der Waals surface area contributed by atoms with Crippen molar-refractivity contribution in [1.82, 2.24) is 4.90 Å². The van der Waals surface area contributed by atoms with Crippen LogP contribution in [0.1, 0.15) is 31.7 Å². The Bertz CT molecular complexity index is 463. The Morgan fingerprint density at radius 1 is 1.53 bits per heavy atom. The lowest BCUT2D eigenvalue weighted by Crippen LogP contribution is -2.50. The van der Waals surface area contributed by atoms with Crippen molar-refractivity contribution in [2.24, 2.45) is 5.73 Å². The van der Waals surface area contributed by atoms with Gasteiger partial charge >= 0.3 is 0 Å². The van der Waals surface area contributed by atoms with E-state index in [0.29, 0.717) is 13.0 Å². The zero-order valence-electron chi connectivity index (χ0n) is 11.4. The predicted octanol–water partition coefficient (Wildman–Crippen LogP) is 2.72. The molecule has 19 heavy (non-hydrogen) atoms. The van der Waals surface area contributed by atoms with Gasteiger partial charge in [-0.25, -0.2) is 0 Å². The highest BCUT2D eigenvalue weighted by atomic mass is 79.9. The van der Waals surface area contributed by atoms with E-state index in [2.05, 4.69) is 35.0 Å². The lowest BCUT2D eigenvalue weighted by Gasteiger charge is -2.34. The van der Waals surface area contributed by atoms with Crippen LogP contribution >= 0.6 is 15.9 Å². The first kappa shape index (κ1) is 14.5. The summed E-state index contributed by atoms with van der Waals surface area (Å²) in [6, 6.07) is 8.13. The lowest BCUT2D eigenvalue weighted by molar-refractivity contribution is -0.134. The standard InChI is InChI=1S/C15H21BrN2O/c1-15(11-17)8-3-9-18(15)14(19)7-6-12-4-2-5-13(16)10-12/h2,4-5,10H,3,6-9,11,17H2,1H3. The molecule has 0 aliphatic carbocycles. The predicted molar refractivity (Wildman–Crippen MR) is 80.9 cm³/mol. The number of rotatable bonds is 4. The van der Waals surface area contributed by atoms with E-state index in [-0.39, 0.29) is 11.4 Å². The second-order valence-corrected chi connectivity index (χ2v) is 6.40. The summed E-state index contributed by atoms with van der Waals surface area (Å²) in [5, 5.41) is 0. The molecular weight excluding hydrogens is 304 g/mol. The van der Waals surface area contributed by atoms with E-state index in [1.54, 1.807) is 0 Å². The maximum absolute atomic E-state index is 12.3.